The average Bonchev–Trinajstić information content (AvgIpc) is 2.36. The highest BCUT2D eigenvalue weighted by molar-refractivity contribution is 5.69. The molecule has 0 saturated carbocycles. The second kappa shape index (κ2) is 6.70. The first kappa shape index (κ1) is 14.1. The summed E-state index contributed by atoms with van der Waals surface area (Å²) in [6.45, 7) is 1.97. The molecule has 18 heavy (non-hydrogen) atoms. The lowest BCUT2D eigenvalue weighted by atomic mass is 10.0. The third-order valence-electron chi connectivity index (χ3n) is 2.42. The van der Waals surface area contributed by atoms with Crippen molar-refractivity contribution in [2.45, 2.75) is 25.9 Å². The Balaban J connectivity index is 2.69. The van der Waals surface area contributed by atoms with Crippen LogP contribution in [-0.2, 0) is 9.53 Å². The van der Waals surface area contributed by atoms with Gasteiger partial charge in [0.05, 0.1) is 23.2 Å². The van der Waals surface area contributed by atoms with E-state index in [-0.39, 0.29) is 30.7 Å². The van der Waals surface area contributed by atoms with Crippen LogP contribution in [0.15, 0.2) is 24.3 Å². The third-order valence-corrected chi connectivity index (χ3v) is 2.42. The fraction of sp³-hybridized carbons (Fsp3) is 0.417. The number of rotatable bonds is 6. The predicted octanol–water partition coefficient (Wildman–Crippen LogP) is 1.97. The molecule has 1 rings (SSSR count). The number of ether oxygens (including phenoxy) is 1. The van der Waals surface area contributed by atoms with Gasteiger partial charge in [0.2, 0.25) is 0 Å². The lowest BCUT2D eigenvalue weighted by Gasteiger charge is -2.10. The van der Waals surface area contributed by atoms with Crippen molar-refractivity contribution in [1.82, 2.24) is 0 Å². The normalized spacial score (nSPS) is 11.9. The molecule has 0 aliphatic carbocycles. The summed E-state index contributed by atoms with van der Waals surface area (Å²) in [5.41, 5.74) is 0.0701. The minimum absolute atomic E-state index is 0.0288. The number of hydrogen-bond acceptors (Lipinski definition) is 5. The smallest absolute Gasteiger partial charge is 0.305 e. The Bertz CT molecular complexity index is 432. The van der Waals surface area contributed by atoms with E-state index in [1.807, 2.05) is 0 Å². The number of nitrogens with zero attached hydrogens (tertiary/aromatic N) is 1. The van der Waals surface area contributed by atoms with Gasteiger partial charge in [0.25, 0.3) is 5.69 Å². The summed E-state index contributed by atoms with van der Waals surface area (Å²) in [7, 11) is 0. The van der Waals surface area contributed by atoms with E-state index >= 15 is 0 Å². The second-order valence-electron chi connectivity index (χ2n) is 3.68. The summed E-state index contributed by atoms with van der Waals surface area (Å²) in [6, 6.07) is 5.94. The van der Waals surface area contributed by atoms with Crippen LogP contribution >= 0.6 is 0 Å². The zero-order valence-electron chi connectivity index (χ0n) is 10.0. The first-order valence-electron chi connectivity index (χ1n) is 5.63. The van der Waals surface area contributed by atoms with Crippen molar-refractivity contribution in [1.29, 1.82) is 0 Å². The molecule has 6 nitrogen and oxygen atoms in total. The summed E-state index contributed by atoms with van der Waals surface area (Å²) in [4.78, 5) is 21.3. The lowest BCUT2D eigenvalue weighted by molar-refractivity contribution is -0.386. The summed E-state index contributed by atoms with van der Waals surface area (Å²) in [5, 5.41) is 20.6. The number of carbonyl (C=O) groups excluding carboxylic acids is 1. The first-order valence-corrected chi connectivity index (χ1v) is 5.63. The summed E-state index contributed by atoms with van der Waals surface area (Å²) in [5.74, 6) is -0.421. The van der Waals surface area contributed by atoms with Crippen LogP contribution in [-0.4, -0.2) is 22.6 Å². The molecule has 0 fully saturated rings. The largest absolute Gasteiger partial charge is 0.466 e. The molecule has 1 N–H and O–H groups in total. The molecule has 0 spiro atoms. The predicted molar refractivity (Wildman–Crippen MR) is 63.9 cm³/mol. The number of para-hydroxylation sites is 1. The Kier molecular flexibility index (Phi) is 5.26. The molecule has 1 aromatic carbocycles. The Morgan fingerprint density at radius 2 is 2.17 bits per heavy atom. The standard InChI is InChI=1S/C12H15NO5/c1-2-18-12(15)8-7-11(14)9-5-3-4-6-10(9)13(16)17/h3-6,11,14H,2,7-8H2,1H3. The van der Waals surface area contributed by atoms with Gasteiger partial charge < -0.3 is 9.84 Å². The first-order chi connectivity index (χ1) is 8.56. The van der Waals surface area contributed by atoms with E-state index in [9.17, 15) is 20.0 Å². The van der Waals surface area contributed by atoms with Gasteiger partial charge in [0, 0.05) is 12.5 Å². The molecule has 1 aromatic rings. The fourth-order valence-corrected chi connectivity index (χ4v) is 1.58. The molecule has 0 saturated heterocycles. The summed E-state index contributed by atoms with van der Waals surface area (Å²) in [6.07, 6.45) is -0.916. The van der Waals surface area contributed by atoms with E-state index < -0.39 is 17.0 Å². The number of nitro groups is 1. The Morgan fingerprint density at radius 1 is 1.50 bits per heavy atom. The van der Waals surface area contributed by atoms with Crippen LogP contribution in [0.2, 0.25) is 0 Å². The van der Waals surface area contributed by atoms with E-state index in [1.165, 1.54) is 18.2 Å². The summed E-state index contributed by atoms with van der Waals surface area (Å²) >= 11 is 0. The van der Waals surface area contributed by atoms with Crippen molar-refractivity contribution in [2.75, 3.05) is 6.61 Å². The number of hydrogen-bond donors (Lipinski definition) is 1. The van der Waals surface area contributed by atoms with Crippen LogP contribution in [0, 0.1) is 10.1 Å². The molecular formula is C12H15NO5. The maximum atomic E-state index is 11.1. The molecule has 0 heterocycles. The van der Waals surface area contributed by atoms with Gasteiger partial charge in [-0.2, -0.15) is 0 Å². The highest BCUT2D eigenvalue weighted by atomic mass is 16.6. The van der Waals surface area contributed by atoms with Crippen molar-refractivity contribution in [3.05, 3.63) is 39.9 Å². The molecular weight excluding hydrogens is 238 g/mol. The van der Waals surface area contributed by atoms with Crippen molar-refractivity contribution >= 4 is 11.7 Å². The topological polar surface area (TPSA) is 89.7 Å². The van der Waals surface area contributed by atoms with Crippen LogP contribution in [0.4, 0.5) is 5.69 Å². The number of benzene rings is 1. The quantitative estimate of drug-likeness (QED) is 0.475. The third kappa shape index (κ3) is 3.81. The van der Waals surface area contributed by atoms with E-state index in [2.05, 4.69) is 0 Å². The van der Waals surface area contributed by atoms with E-state index in [1.54, 1.807) is 13.0 Å². The molecule has 98 valence electrons. The molecule has 1 unspecified atom stereocenters. The minimum atomic E-state index is -1.05. The maximum Gasteiger partial charge on any atom is 0.305 e. The van der Waals surface area contributed by atoms with E-state index in [0.717, 1.165) is 0 Å². The van der Waals surface area contributed by atoms with Gasteiger partial charge in [-0.25, -0.2) is 0 Å². The lowest BCUT2D eigenvalue weighted by Crippen LogP contribution is -2.08. The van der Waals surface area contributed by atoms with Crippen LogP contribution in [0.5, 0.6) is 0 Å². The van der Waals surface area contributed by atoms with Crippen LogP contribution in [0.25, 0.3) is 0 Å². The number of carbonyl (C=O) groups is 1. The van der Waals surface area contributed by atoms with Crippen molar-refractivity contribution in [3.8, 4) is 0 Å². The summed E-state index contributed by atoms with van der Waals surface area (Å²) < 4.78 is 4.72. The van der Waals surface area contributed by atoms with Crippen LogP contribution < -0.4 is 0 Å². The second-order valence-corrected chi connectivity index (χ2v) is 3.68. The van der Waals surface area contributed by atoms with Gasteiger partial charge in [-0.15, -0.1) is 0 Å². The van der Waals surface area contributed by atoms with Gasteiger partial charge in [0.1, 0.15) is 0 Å². The minimum Gasteiger partial charge on any atom is -0.466 e. The highest BCUT2D eigenvalue weighted by Crippen LogP contribution is 2.27. The number of aliphatic hydroxyl groups is 1. The zero-order chi connectivity index (χ0) is 13.5. The zero-order valence-corrected chi connectivity index (χ0v) is 10.0. The Labute approximate surface area is 104 Å². The molecule has 0 amide bonds. The van der Waals surface area contributed by atoms with Gasteiger partial charge >= 0.3 is 5.97 Å². The molecule has 0 aliphatic rings. The van der Waals surface area contributed by atoms with Crippen molar-refractivity contribution in [2.24, 2.45) is 0 Å². The fourth-order valence-electron chi connectivity index (χ4n) is 1.58. The number of aliphatic hydroxyl groups excluding tert-OH is 1. The molecule has 0 aliphatic heterocycles. The highest BCUT2D eigenvalue weighted by Gasteiger charge is 2.20. The van der Waals surface area contributed by atoms with Crippen LogP contribution in [0.3, 0.4) is 0 Å². The molecule has 0 aromatic heterocycles. The number of nitro benzene ring substituents is 1. The molecule has 6 heteroatoms. The van der Waals surface area contributed by atoms with E-state index in [4.69, 9.17) is 4.74 Å². The monoisotopic (exact) mass is 253 g/mol. The van der Waals surface area contributed by atoms with Crippen molar-refractivity contribution < 1.29 is 19.6 Å². The molecule has 0 radical (unpaired) electrons. The maximum absolute atomic E-state index is 11.1. The van der Waals surface area contributed by atoms with Crippen LogP contribution in [0.1, 0.15) is 31.4 Å². The Hall–Kier alpha value is -1.95. The molecule has 1 atom stereocenters. The van der Waals surface area contributed by atoms with Gasteiger partial charge in [-0.05, 0) is 19.4 Å². The molecule has 0 bridgehead atoms. The SMILES string of the molecule is CCOC(=O)CCC(O)c1ccccc1[N+](=O)[O-]. The van der Waals surface area contributed by atoms with E-state index in [0.29, 0.717) is 0 Å². The van der Waals surface area contributed by atoms with Gasteiger partial charge in [-0.3, -0.25) is 14.9 Å². The van der Waals surface area contributed by atoms with Gasteiger partial charge in [0.15, 0.2) is 0 Å². The van der Waals surface area contributed by atoms with Gasteiger partial charge in [-0.1, -0.05) is 12.1 Å². The average molecular weight is 253 g/mol. The Morgan fingerprint density at radius 3 is 2.78 bits per heavy atom. The van der Waals surface area contributed by atoms with Crippen molar-refractivity contribution in [3.63, 3.8) is 0 Å². The number of esters is 1.